The number of thiazole rings is 1. The lowest BCUT2D eigenvalue weighted by Crippen LogP contribution is -1.99. The molecule has 0 unspecified atom stereocenters. The van der Waals surface area contributed by atoms with E-state index in [1.807, 2.05) is 36.4 Å². The Morgan fingerprint density at radius 1 is 1.15 bits per heavy atom. The van der Waals surface area contributed by atoms with Crippen molar-refractivity contribution in [1.29, 1.82) is 0 Å². The van der Waals surface area contributed by atoms with Gasteiger partial charge in [-0.2, -0.15) is 0 Å². The van der Waals surface area contributed by atoms with E-state index >= 15 is 0 Å². The first kappa shape index (κ1) is 12.7. The number of hydrogen-bond acceptors (Lipinski definition) is 5. The van der Waals surface area contributed by atoms with E-state index in [-0.39, 0.29) is 0 Å². The first-order valence-electron chi connectivity index (χ1n) is 6.15. The molecule has 2 aromatic carbocycles. The zero-order valence-corrected chi connectivity index (χ0v) is 11.8. The first-order valence-corrected chi connectivity index (χ1v) is 7.03. The average molecular weight is 286 g/mol. The fourth-order valence-electron chi connectivity index (χ4n) is 1.94. The molecule has 0 aliphatic rings. The highest BCUT2D eigenvalue weighted by atomic mass is 32.1. The number of nitrogens with zero attached hydrogens (tertiary/aromatic N) is 1. The number of ether oxygens (including phenoxy) is 2. The average Bonchev–Trinajstić information content (AvgIpc) is 2.96. The molecule has 0 fully saturated rings. The largest absolute Gasteiger partial charge is 0.497 e. The highest BCUT2D eigenvalue weighted by Gasteiger charge is 2.08. The molecule has 0 radical (unpaired) electrons. The number of rotatable bonds is 4. The summed E-state index contributed by atoms with van der Waals surface area (Å²) in [7, 11) is 1.65. The summed E-state index contributed by atoms with van der Waals surface area (Å²) in [6, 6.07) is 11.6. The minimum atomic E-state index is 0.462. The molecule has 20 heavy (non-hydrogen) atoms. The lowest BCUT2D eigenvalue weighted by Gasteiger charge is -2.09. The molecule has 0 saturated heterocycles. The van der Waals surface area contributed by atoms with Crippen molar-refractivity contribution in [2.45, 2.75) is 6.61 Å². The molecule has 0 amide bonds. The predicted molar refractivity (Wildman–Crippen MR) is 81.4 cm³/mol. The molecule has 0 atom stereocenters. The summed E-state index contributed by atoms with van der Waals surface area (Å²) in [4.78, 5) is 4.25. The van der Waals surface area contributed by atoms with Gasteiger partial charge in [0.1, 0.15) is 29.3 Å². The Labute approximate surface area is 120 Å². The van der Waals surface area contributed by atoms with Crippen molar-refractivity contribution in [3.05, 3.63) is 47.5 Å². The second kappa shape index (κ2) is 5.38. The van der Waals surface area contributed by atoms with Crippen LogP contribution >= 0.6 is 11.3 Å². The Morgan fingerprint density at radius 2 is 1.95 bits per heavy atom. The summed E-state index contributed by atoms with van der Waals surface area (Å²) in [5, 5.41) is 0. The van der Waals surface area contributed by atoms with Crippen molar-refractivity contribution in [1.82, 2.24) is 4.98 Å². The van der Waals surface area contributed by atoms with Gasteiger partial charge in [-0.1, -0.05) is 12.1 Å². The van der Waals surface area contributed by atoms with Crippen LogP contribution < -0.4 is 15.2 Å². The molecule has 1 heterocycles. The van der Waals surface area contributed by atoms with Gasteiger partial charge in [0.2, 0.25) is 0 Å². The van der Waals surface area contributed by atoms with E-state index in [4.69, 9.17) is 15.2 Å². The molecular formula is C15H14N2O2S. The number of hydrogen-bond donors (Lipinski definition) is 1. The minimum absolute atomic E-state index is 0.462. The van der Waals surface area contributed by atoms with E-state index in [0.717, 1.165) is 21.5 Å². The molecule has 4 nitrogen and oxygen atoms in total. The van der Waals surface area contributed by atoms with E-state index in [9.17, 15) is 0 Å². The molecule has 1 aromatic heterocycles. The maximum absolute atomic E-state index is 6.07. The van der Waals surface area contributed by atoms with Crippen LogP contribution in [-0.2, 0) is 6.61 Å². The Morgan fingerprint density at radius 3 is 2.70 bits per heavy atom. The minimum Gasteiger partial charge on any atom is -0.497 e. The van der Waals surface area contributed by atoms with E-state index < -0.39 is 0 Å². The quantitative estimate of drug-likeness (QED) is 0.746. The van der Waals surface area contributed by atoms with Crippen LogP contribution in [0.15, 0.2) is 41.9 Å². The van der Waals surface area contributed by atoms with E-state index in [0.29, 0.717) is 18.0 Å². The Bertz CT molecular complexity index is 722. The van der Waals surface area contributed by atoms with Gasteiger partial charge in [-0.05, 0) is 29.8 Å². The number of fused-ring (bicyclic) bond motifs is 1. The topological polar surface area (TPSA) is 57.4 Å². The molecule has 0 saturated carbocycles. The summed E-state index contributed by atoms with van der Waals surface area (Å²) in [5.41, 5.74) is 10.3. The summed E-state index contributed by atoms with van der Waals surface area (Å²) >= 11 is 1.57. The van der Waals surface area contributed by atoms with Crippen molar-refractivity contribution < 1.29 is 9.47 Å². The molecule has 0 bridgehead atoms. The number of nitrogen functional groups attached to an aromatic ring is 1. The number of aromatic nitrogens is 1. The molecule has 0 aliphatic heterocycles. The molecule has 0 spiro atoms. The Kier molecular flexibility index (Phi) is 3.43. The summed E-state index contributed by atoms with van der Waals surface area (Å²) in [5.74, 6) is 1.50. The van der Waals surface area contributed by atoms with Crippen LogP contribution in [-0.4, -0.2) is 12.1 Å². The molecule has 5 heteroatoms. The molecular weight excluding hydrogens is 272 g/mol. The van der Waals surface area contributed by atoms with Crippen LogP contribution in [0.3, 0.4) is 0 Å². The number of benzene rings is 2. The summed E-state index contributed by atoms with van der Waals surface area (Å²) < 4.78 is 12.0. The van der Waals surface area contributed by atoms with Crippen LogP contribution in [0.2, 0.25) is 0 Å². The number of anilines is 1. The first-order chi connectivity index (χ1) is 9.78. The summed E-state index contributed by atoms with van der Waals surface area (Å²) in [6.45, 7) is 0.462. The molecule has 3 aromatic rings. The zero-order chi connectivity index (χ0) is 13.9. The van der Waals surface area contributed by atoms with Gasteiger partial charge in [-0.25, -0.2) is 4.98 Å². The normalized spacial score (nSPS) is 10.7. The van der Waals surface area contributed by atoms with Crippen molar-refractivity contribution in [3.8, 4) is 11.5 Å². The van der Waals surface area contributed by atoms with Crippen LogP contribution in [0.5, 0.6) is 11.5 Å². The Hall–Kier alpha value is -2.27. The van der Waals surface area contributed by atoms with Gasteiger partial charge in [0, 0.05) is 0 Å². The second-order valence-corrected chi connectivity index (χ2v) is 5.20. The van der Waals surface area contributed by atoms with E-state index in [2.05, 4.69) is 4.98 Å². The maximum atomic E-state index is 6.07. The van der Waals surface area contributed by atoms with E-state index in [1.54, 1.807) is 24.0 Å². The van der Waals surface area contributed by atoms with Crippen molar-refractivity contribution in [2.24, 2.45) is 0 Å². The van der Waals surface area contributed by atoms with Crippen LogP contribution in [0, 0.1) is 0 Å². The number of methoxy groups -OCH3 is 1. The Balaban J connectivity index is 1.77. The van der Waals surface area contributed by atoms with E-state index in [1.165, 1.54) is 0 Å². The molecule has 3 rings (SSSR count). The third kappa shape index (κ3) is 2.40. The third-order valence-electron chi connectivity index (χ3n) is 3.05. The van der Waals surface area contributed by atoms with Crippen LogP contribution in [0.4, 0.5) is 5.69 Å². The van der Waals surface area contributed by atoms with Gasteiger partial charge in [0.15, 0.2) is 0 Å². The smallest absolute Gasteiger partial charge is 0.145 e. The van der Waals surface area contributed by atoms with Crippen LogP contribution in [0.1, 0.15) is 5.56 Å². The second-order valence-electron chi connectivity index (χ2n) is 4.31. The lowest BCUT2D eigenvalue weighted by molar-refractivity contribution is 0.308. The standard InChI is InChI=1S/C15H14N2O2S/c1-18-11-4-2-10(3-5-11)8-19-12-6-7-13-15(14(12)16)17-9-20-13/h2-7,9H,8,16H2,1H3. The zero-order valence-electron chi connectivity index (χ0n) is 11.0. The lowest BCUT2D eigenvalue weighted by atomic mass is 10.2. The molecule has 2 N–H and O–H groups in total. The highest BCUT2D eigenvalue weighted by Crippen LogP contribution is 2.32. The van der Waals surface area contributed by atoms with Gasteiger partial charge < -0.3 is 15.2 Å². The number of nitrogens with two attached hydrogens (primary N) is 1. The van der Waals surface area contributed by atoms with Crippen LogP contribution in [0.25, 0.3) is 10.2 Å². The highest BCUT2D eigenvalue weighted by molar-refractivity contribution is 7.16. The molecule has 102 valence electrons. The molecule has 0 aliphatic carbocycles. The van der Waals surface area contributed by atoms with Gasteiger partial charge in [-0.15, -0.1) is 11.3 Å². The van der Waals surface area contributed by atoms with Crippen molar-refractivity contribution >= 4 is 27.2 Å². The fourth-order valence-corrected chi connectivity index (χ4v) is 2.63. The maximum Gasteiger partial charge on any atom is 0.145 e. The monoisotopic (exact) mass is 286 g/mol. The summed E-state index contributed by atoms with van der Waals surface area (Å²) in [6.07, 6.45) is 0. The van der Waals surface area contributed by atoms with Crippen molar-refractivity contribution in [3.63, 3.8) is 0 Å². The van der Waals surface area contributed by atoms with Gasteiger partial charge in [-0.3, -0.25) is 0 Å². The van der Waals surface area contributed by atoms with Gasteiger partial charge in [0.25, 0.3) is 0 Å². The van der Waals surface area contributed by atoms with Gasteiger partial charge >= 0.3 is 0 Å². The third-order valence-corrected chi connectivity index (χ3v) is 3.85. The predicted octanol–water partition coefficient (Wildman–Crippen LogP) is 3.47. The van der Waals surface area contributed by atoms with Crippen molar-refractivity contribution in [2.75, 3.05) is 12.8 Å². The fraction of sp³-hybridized carbons (Fsp3) is 0.133. The van der Waals surface area contributed by atoms with Gasteiger partial charge in [0.05, 0.1) is 17.3 Å². The SMILES string of the molecule is COc1ccc(COc2ccc3scnc3c2N)cc1.